The van der Waals surface area contributed by atoms with E-state index in [1.807, 2.05) is 43.3 Å². The van der Waals surface area contributed by atoms with Gasteiger partial charge in [0.25, 0.3) is 5.89 Å². The summed E-state index contributed by atoms with van der Waals surface area (Å²) in [6.45, 7) is 2.20. The molecule has 0 radical (unpaired) electrons. The van der Waals surface area contributed by atoms with Crippen LogP contribution in [0.4, 0.5) is 0 Å². The third-order valence-electron chi connectivity index (χ3n) is 5.48. The number of nitrogens with one attached hydrogen (secondary N) is 1. The number of carbonyl (C=O) groups excluding carboxylic acids is 1. The van der Waals surface area contributed by atoms with Gasteiger partial charge in [-0.2, -0.15) is 4.98 Å². The molecule has 0 bridgehead atoms. The highest BCUT2D eigenvalue weighted by Gasteiger charge is 2.18. The van der Waals surface area contributed by atoms with Gasteiger partial charge in [-0.1, -0.05) is 52.7 Å². The molecular formula is C25H21ClN6O3. The lowest BCUT2D eigenvalue weighted by Gasteiger charge is -2.05. The SMILES string of the molecule is Cc1cccc(-c2noc(-c3cccn4c(=O)n(CC(=O)NCCc5ccc(Cl)cc5)nc34)n2)c1. The first-order valence-corrected chi connectivity index (χ1v) is 11.4. The Balaban J connectivity index is 1.33. The van der Waals surface area contributed by atoms with Gasteiger partial charge in [-0.15, -0.1) is 5.10 Å². The van der Waals surface area contributed by atoms with Gasteiger partial charge in [0.2, 0.25) is 11.7 Å². The van der Waals surface area contributed by atoms with Crippen molar-refractivity contribution in [1.82, 2.24) is 29.6 Å². The maximum Gasteiger partial charge on any atom is 0.350 e. The highest BCUT2D eigenvalue weighted by Crippen LogP contribution is 2.24. The van der Waals surface area contributed by atoms with Gasteiger partial charge < -0.3 is 9.84 Å². The Labute approximate surface area is 205 Å². The Morgan fingerprint density at radius 1 is 1.11 bits per heavy atom. The fraction of sp³-hybridized carbons (Fsp3) is 0.160. The van der Waals surface area contributed by atoms with Crippen LogP contribution in [0.1, 0.15) is 11.1 Å². The molecule has 0 aliphatic heterocycles. The van der Waals surface area contributed by atoms with Gasteiger partial charge in [-0.3, -0.25) is 4.79 Å². The molecule has 0 spiro atoms. The zero-order valence-corrected chi connectivity index (χ0v) is 19.6. The summed E-state index contributed by atoms with van der Waals surface area (Å²) in [5.41, 5.74) is 3.34. The van der Waals surface area contributed by atoms with Crippen LogP contribution in [0.15, 0.2) is 76.2 Å². The Morgan fingerprint density at radius 3 is 2.74 bits per heavy atom. The molecule has 5 aromatic rings. The van der Waals surface area contributed by atoms with E-state index in [0.29, 0.717) is 35.0 Å². The van der Waals surface area contributed by atoms with Gasteiger partial charge in [0.15, 0.2) is 5.65 Å². The van der Waals surface area contributed by atoms with E-state index in [0.717, 1.165) is 21.4 Å². The predicted octanol–water partition coefficient (Wildman–Crippen LogP) is 3.53. The molecule has 0 saturated heterocycles. The van der Waals surface area contributed by atoms with E-state index >= 15 is 0 Å². The normalized spacial score (nSPS) is 11.1. The number of pyridine rings is 1. The molecule has 0 aliphatic carbocycles. The monoisotopic (exact) mass is 488 g/mol. The van der Waals surface area contributed by atoms with Gasteiger partial charge >= 0.3 is 5.69 Å². The fourth-order valence-electron chi connectivity index (χ4n) is 3.73. The van der Waals surface area contributed by atoms with E-state index < -0.39 is 5.69 Å². The molecule has 176 valence electrons. The van der Waals surface area contributed by atoms with Gasteiger partial charge in [0.05, 0.1) is 5.56 Å². The van der Waals surface area contributed by atoms with E-state index in [4.69, 9.17) is 16.1 Å². The lowest BCUT2D eigenvalue weighted by molar-refractivity contribution is -0.121. The van der Waals surface area contributed by atoms with Gasteiger partial charge in [0, 0.05) is 23.3 Å². The van der Waals surface area contributed by atoms with Crippen LogP contribution in [0.5, 0.6) is 0 Å². The summed E-state index contributed by atoms with van der Waals surface area (Å²) in [6, 6.07) is 18.6. The van der Waals surface area contributed by atoms with Gasteiger partial charge in [-0.25, -0.2) is 13.9 Å². The summed E-state index contributed by atoms with van der Waals surface area (Å²) in [5.74, 6) is 0.356. The Hall–Kier alpha value is -4.24. The molecule has 3 aromatic heterocycles. The number of aromatic nitrogens is 5. The largest absolute Gasteiger partial charge is 0.354 e. The van der Waals surface area contributed by atoms with Crippen molar-refractivity contribution in [2.45, 2.75) is 19.9 Å². The summed E-state index contributed by atoms with van der Waals surface area (Å²) < 4.78 is 7.95. The topological polar surface area (TPSA) is 107 Å². The molecule has 0 atom stereocenters. The van der Waals surface area contributed by atoms with E-state index in [1.54, 1.807) is 30.5 Å². The summed E-state index contributed by atoms with van der Waals surface area (Å²) >= 11 is 5.90. The second-order valence-corrected chi connectivity index (χ2v) is 8.51. The molecule has 35 heavy (non-hydrogen) atoms. The first kappa shape index (κ1) is 22.5. The van der Waals surface area contributed by atoms with Crippen LogP contribution in [0.25, 0.3) is 28.5 Å². The third-order valence-corrected chi connectivity index (χ3v) is 5.74. The predicted molar refractivity (Wildman–Crippen MR) is 131 cm³/mol. The molecule has 1 amide bonds. The standard InChI is InChI=1S/C25H21ClN6O3/c1-16-4-2-5-18(14-16)22-28-24(35-30-22)20-6-3-13-31-23(20)29-32(25(31)34)15-21(33)27-12-11-17-7-9-19(26)10-8-17/h2-10,13-14H,11-12,15H2,1H3,(H,27,33). The van der Waals surface area contributed by atoms with Crippen molar-refractivity contribution in [2.24, 2.45) is 0 Å². The number of rotatable bonds is 7. The molecular weight excluding hydrogens is 468 g/mol. The van der Waals surface area contributed by atoms with Crippen molar-refractivity contribution in [3.05, 3.63) is 93.5 Å². The lowest BCUT2D eigenvalue weighted by atomic mass is 10.1. The molecule has 0 fully saturated rings. The van der Waals surface area contributed by atoms with Crippen LogP contribution < -0.4 is 11.0 Å². The number of carbonyl (C=O) groups is 1. The highest BCUT2D eigenvalue weighted by atomic mass is 35.5. The molecule has 5 rings (SSSR count). The van der Waals surface area contributed by atoms with Crippen LogP contribution in [-0.4, -0.2) is 36.8 Å². The van der Waals surface area contributed by atoms with Crippen LogP contribution in [-0.2, 0) is 17.8 Å². The molecule has 0 saturated carbocycles. The maximum absolute atomic E-state index is 12.8. The molecule has 9 nitrogen and oxygen atoms in total. The van der Waals surface area contributed by atoms with Crippen LogP contribution in [0.3, 0.4) is 0 Å². The summed E-state index contributed by atoms with van der Waals surface area (Å²) in [7, 11) is 0. The summed E-state index contributed by atoms with van der Waals surface area (Å²) in [4.78, 5) is 29.8. The second kappa shape index (κ2) is 9.55. The number of nitrogens with zero attached hydrogens (tertiary/aromatic N) is 5. The smallest absolute Gasteiger partial charge is 0.350 e. The second-order valence-electron chi connectivity index (χ2n) is 8.07. The first-order chi connectivity index (χ1) is 17.0. The molecule has 2 aromatic carbocycles. The van der Waals surface area contributed by atoms with Gasteiger partial charge in [0.1, 0.15) is 6.54 Å². The van der Waals surface area contributed by atoms with Crippen molar-refractivity contribution < 1.29 is 9.32 Å². The maximum atomic E-state index is 12.8. The minimum absolute atomic E-state index is 0.209. The van der Waals surface area contributed by atoms with Crippen molar-refractivity contribution in [2.75, 3.05) is 6.54 Å². The minimum atomic E-state index is -0.437. The highest BCUT2D eigenvalue weighted by molar-refractivity contribution is 6.30. The summed E-state index contributed by atoms with van der Waals surface area (Å²) in [5, 5.41) is 11.9. The molecule has 0 unspecified atom stereocenters. The zero-order chi connectivity index (χ0) is 24.4. The van der Waals surface area contributed by atoms with Crippen molar-refractivity contribution in [3.63, 3.8) is 0 Å². The third kappa shape index (κ3) is 4.85. The lowest BCUT2D eigenvalue weighted by Crippen LogP contribution is -2.33. The molecule has 1 N–H and O–H groups in total. The number of aryl methyl sites for hydroxylation is 1. The minimum Gasteiger partial charge on any atom is -0.354 e. The van der Waals surface area contributed by atoms with Gasteiger partial charge in [-0.05, 0) is 49.2 Å². The first-order valence-electron chi connectivity index (χ1n) is 11.0. The fourth-order valence-corrected chi connectivity index (χ4v) is 3.86. The average molecular weight is 489 g/mol. The zero-order valence-electron chi connectivity index (χ0n) is 18.8. The summed E-state index contributed by atoms with van der Waals surface area (Å²) in [6.07, 6.45) is 2.23. The number of hydrogen-bond donors (Lipinski definition) is 1. The molecule has 10 heteroatoms. The number of fused-ring (bicyclic) bond motifs is 1. The van der Waals surface area contributed by atoms with Crippen LogP contribution in [0.2, 0.25) is 5.02 Å². The van der Waals surface area contributed by atoms with E-state index in [9.17, 15) is 9.59 Å². The van der Waals surface area contributed by atoms with E-state index in [2.05, 4.69) is 20.6 Å². The number of benzene rings is 2. The molecule has 3 heterocycles. The van der Waals surface area contributed by atoms with Crippen molar-refractivity contribution in [1.29, 1.82) is 0 Å². The Kier molecular flexibility index (Phi) is 6.15. The Bertz CT molecular complexity index is 1570. The van der Waals surface area contributed by atoms with E-state index in [-0.39, 0.29) is 18.3 Å². The number of amides is 1. The average Bonchev–Trinajstić information content (AvgIpc) is 3.46. The Morgan fingerprint density at radius 2 is 1.94 bits per heavy atom. The van der Waals surface area contributed by atoms with Crippen molar-refractivity contribution in [3.8, 4) is 22.8 Å². The van der Waals surface area contributed by atoms with Crippen LogP contribution in [0, 0.1) is 6.92 Å². The quantitative estimate of drug-likeness (QED) is 0.375. The van der Waals surface area contributed by atoms with Crippen molar-refractivity contribution >= 4 is 23.2 Å². The molecule has 0 aliphatic rings. The van der Waals surface area contributed by atoms with Crippen LogP contribution >= 0.6 is 11.6 Å². The number of hydrogen-bond acceptors (Lipinski definition) is 6. The number of halogens is 1. The van der Waals surface area contributed by atoms with E-state index in [1.165, 1.54) is 4.40 Å².